The Balaban J connectivity index is 2.80. The highest BCUT2D eigenvalue weighted by Gasteiger charge is 2.16. The van der Waals surface area contributed by atoms with Gasteiger partial charge in [-0.3, -0.25) is 9.78 Å². The SMILES string of the molecule is Cc1ncccc1C(=O)N(C)CC(C)C#N. The normalized spacial score (nSPS) is 11.6. The van der Waals surface area contributed by atoms with E-state index in [1.54, 1.807) is 44.1 Å². The molecule has 0 spiro atoms. The summed E-state index contributed by atoms with van der Waals surface area (Å²) in [5.74, 6) is -0.251. The molecule has 0 N–H and O–H groups in total. The average Bonchev–Trinajstić information content (AvgIpc) is 2.28. The molecular weight excluding hydrogens is 202 g/mol. The summed E-state index contributed by atoms with van der Waals surface area (Å²) in [4.78, 5) is 17.6. The van der Waals surface area contributed by atoms with Crippen LogP contribution in [-0.4, -0.2) is 29.4 Å². The van der Waals surface area contributed by atoms with Gasteiger partial charge in [-0.25, -0.2) is 0 Å². The number of nitriles is 1. The summed E-state index contributed by atoms with van der Waals surface area (Å²) < 4.78 is 0. The first-order valence-electron chi connectivity index (χ1n) is 5.13. The van der Waals surface area contributed by atoms with Crippen molar-refractivity contribution in [2.75, 3.05) is 13.6 Å². The predicted molar refractivity (Wildman–Crippen MR) is 60.7 cm³/mol. The van der Waals surface area contributed by atoms with Crippen LogP contribution in [0.4, 0.5) is 0 Å². The van der Waals surface area contributed by atoms with Gasteiger partial charge in [-0.05, 0) is 26.0 Å². The Morgan fingerprint density at radius 1 is 1.69 bits per heavy atom. The van der Waals surface area contributed by atoms with Gasteiger partial charge in [0.25, 0.3) is 5.91 Å². The number of hydrogen-bond acceptors (Lipinski definition) is 3. The van der Waals surface area contributed by atoms with Crippen LogP contribution < -0.4 is 0 Å². The summed E-state index contributed by atoms with van der Waals surface area (Å²) in [5.41, 5.74) is 1.30. The Labute approximate surface area is 95.5 Å². The summed E-state index contributed by atoms with van der Waals surface area (Å²) in [7, 11) is 1.70. The third-order valence-electron chi connectivity index (χ3n) is 2.35. The maximum atomic E-state index is 12.0. The van der Waals surface area contributed by atoms with E-state index in [2.05, 4.69) is 11.1 Å². The zero-order valence-electron chi connectivity index (χ0n) is 9.77. The highest BCUT2D eigenvalue weighted by Crippen LogP contribution is 2.08. The van der Waals surface area contributed by atoms with Gasteiger partial charge in [-0.1, -0.05) is 0 Å². The maximum Gasteiger partial charge on any atom is 0.255 e. The maximum absolute atomic E-state index is 12.0. The molecule has 0 saturated carbocycles. The van der Waals surface area contributed by atoms with Crippen LogP contribution in [0.15, 0.2) is 18.3 Å². The van der Waals surface area contributed by atoms with Crippen molar-refractivity contribution in [3.8, 4) is 6.07 Å². The number of amides is 1. The monoisotopic (exact) mass is 217 g/mol. The molecule has 0 fully saturated rings. The Morgan fingerprint density at radius 3 is 2.94 bits per heavy atom. The molecule has 4 nitrogen and oxygen atoms in total. The fourth-order valence-corrected chi connectivity index (χ4v) is 1.45. The van der Waals surface area contributed by atoms with Crippen LogP contribution in [-0.2, 0) is 0 Å². The van der Waals surface area contributed by atoms with E-state index in [4.69, 9.17) is 5.26 Å². The van der Waals surface area contributed by atoms with Gasteiger partial charge in [0.05, 0.1) is 17.6 Å². The second-order valence-electron chi connectivity index (χ2n) is 3.85. The minimum Gasteiger partial charge on any atom is -0.340 e. The first-order valence-corrected chi connectivity index (χ1v) is 5.13. The van der Waals surface area contributed by atoms with Crippen molar-refractivity contribution in [1.82, 2.24) is 9.88 Å². The van der Waals surface area contributed by atoms with E-state index in [-0.39, 0.29) is 11.8 Å². The van der Waals surface area contributed by atoms with Gasteiger partial charge in [0.1, 0.15) is 0 Å². The lowest BCUT2D eigenvalue weighted by atomic mass is 10.1. The smallest absolute Gasteiger partial charge is 0.255 e. The first-order chi connectivity index (χ1) is 7.56. The van der Waals surface area contributed by atoms with Crippen LogP contribution in [0.1, 0.15) is 23.0 Å². The molecule has 1 aromatic heterocycles. The summed E-state index contributed by atoms with van der Waals surface area (Å²) in [6.45, 7) is 4.03. The van der Waals surface area contributed by atoms with Gasteiger partial charge in [0.2, 0.25) is 0 Å². The van der Waals surface area contributed by atoms with E-state index in [1.165, 1.54) is 0 Å². The molecular formula is C12H15N3O. The van der Waals surface area contributed by atoms with E-state index in [0.29, 0.717) is 17.8 Å². The second-order valence-corrected chi connectivity index (χ2v) is 3.85. The molecule has 0 radical (unpaired) electrons. The molecule has 16 heavy (non-hydrogen) atoms. The minimum atomic E-state index is -0.161. The van der Waals surface area contributed by atoms with Gasteiger partial charge >= 0.3 is 0 Å². The average molecular weight is 217 g/mol. The number of carbonyl (C=O) groups excluding carboxylic acids is 1. The van der Waals surface area contributed by atoms with Crippen molar-refractivity contribution in [1.29, 1.82) is 5.26 Å². The molecule has 1 heterocycles. The Bertz CT molecular complexity index is 423. The lowest BCUT2D eigenvalue weighted by Crippen LogP contribution is -2.31. The minimum absolute atomic E-state index is 0.0901. The van der Waals surface area contributed by atoms with Crippen molar-refractivity contribution >= 4 is 5.91 Å². The van der Waals surface area contributed by atoms with Gasteiger partial charge in [0, 0.05) is 25.5 Å². The molecule has 1 atom stereocenters. The summed E-state index contributed by atoms with van der Waals surface area (Å²) >= 11 is 0. The highest BCUT2D eigenvalue weighted by atomic mass is 16.2. The fraction of sp³-hybridized carbons (Fsp3) is 0.417. The number of aromatic nitrogens is 1. The fourth-order valence-electron chi connectivity index (χ4n) is 1.45. The first kappa shape index (κ1) is 12.2. The van der Waals surface area contributed by atoms with Crippen LogP contribution >= 0.6 is 0 Å². The molecule has 0 bridgehead atoms. The third-order valence-corrected chi connectivity index (χ3v) is 2.35. The Hall–Kier alpha value is -1.89. The predicted octanol–water partition coefficient (Wildman–Crippen LogP) is 1.62. The second kappa shape index (κ2) is 5.26. The number of carbonyl (C=O) groups is 1. The van der Waals surface area contributed by atoms with Crippen molar-refractivity contribution in [3.63, 3.8) is 0 Å². The van der Waals surface area contributed by atoms with Gasteiger partial charge < -0.3 is 4.90 Å². The van der Waals surface area contributed by atoms with Crippen LogP contribution in [0.25, 0.3) is 0 Å². The quantitative estimate of drug-likeness (QED) is 0.773. The number of aryl methyl sites for hydroxylation is 1. The van der Waals surface area contributed by atoms with Crippen molar-refractivity contribution in [2.24, 2.45) is 5.92 Å². The Kier molecular flexibility index (Phi) is 4.01. The summed E-state index contributed by atoms with van der Waals surface area (Å²) in [6.07, 6.45) is 1.66. The van der Waals surface area contributed by atoms with Crippen molar-refractivity contribution in [3.05, 3.63) is 29.6 Å². The topological polar surface area (TPSA) is 57.0 Å². The van der Waals surface area contributed by atoms with Crippen LogP contribution in [0.3, 0.4) is 0 Å². The lowest BCUT2D eigenvalue weighted by molar-refractivity contribution is 0.0784. The van der Waals surface area contributed by atoms with Crippen molar-refractivity contribution < 1.29 is 4.79 Å². The molecule has 4 heteroatoms. The summed E-state index contributed by atoms with van der Waals surface area (Å²) in [5, 5.41) is 8.69. The molecule has 0 aliphatic rings. The summed E-state index contributed by atoms with van der Waals surface area (Å²) in [6, 6.07) is 5.59. The van der Waals surface area contributed by atoms with E-state index < -0.39 is 0 Å². The lowest BCUT2D eigenvalue weighted by Gasteiger charge is -2.18. The molecule has 0 aliphatic heterocycles. The largest absolute Gasteiger partial charge is 0.340 e. The molecule has 1 rings (SSSR count). The van der Waals surface area contributed by atoms with Crippen LogP contribution in [0.2, 0.25) is 0 Å². The van der Waals surface area contributed by atoms with Gasteiger partial charge in [0.15, 0.2) is 0 Å². The standard InChI is InChI=1S/C12H15N3O/c1-9(7-13)8-15(3)12(16)11-5-4-6-14-10(11)2/h4-6,9H,8H2,1-3H3. The molecule has 0 aromatic carbocycles. The molecule has 0 saturated heterocycles. The number of nitrogens with zero attached hydrogens (tertiary/aromatic N) is 3. The highest BCUT2D eigenvalue weighted by molar-refractivity contribution is 5.95. The number of rotatable bonds is 3. The molecule has 0 aliphatic carbocycles. The van der Waals surface area contributed by atoms with E-state index >= 15 is 0 Å². The number of pyridine rings is 1. The molecule has 84 valence electrons. The molecule has 1 aromatic rings. The van der Waals surface area contributed by atoms with Gasteiger partial charge in [-0.2, -0.15) is 5.26 Å². The van der Waals surface area contributed by atoms with E-state index in [9.17, 15) is 4.79 Å². The third kappa shape index (κ3) is 2.80. The zero-order valence-corrected chi connectivity index (χ0v) is 9.77. The Morgan fingerprint density at radius 2 is 2.38 bits per heavy atom. The number of hydrogen-bond donors (Lipinski definition) is 0. The molecule has 1 unspecified atom stereocenters. The van der Waals surface area contributed by atoms with E-state index in [1.807, 2.05) is 0 Å². The molecule has 1 amide bonds. The van der Waals surface area contributed by atoms with Crippen LogP contribution in [0.5, 0.6) is 0 Å². The van der Waals surface area contributed by atoms with Crippen LogP contribution in [0, 0.1) is 24.2 Å². The zero-order chi connectivity index (χ0) is 12.1. The van der Waals surface area contributed by atoms with Crippen molar-refractivity contribution in [2.45, 2.75) is 13.8 Å². The van der Waals surface area contributed by atoms with Gasteiger partial charge in [-0.15, -0.1) is 0 Å². The van der Waals surface area contributed by atoms with E-state index in [0.717, 1.165) is 0 Å².